The molecule has 5 nitrogen and oxygen atoms in total. The minimum absolute atomic E-state index is 0.00831. The van der Waals surface area contributed by atoms with Crippen LogP contribution in [0.5, 0.6) is 0 Å². The molecule has 2 fully saturated rings. The van der Waals surface area contributed by atoms with Gasteiger partial charge in [-0.25, -0.2) is 0 Å². The maximum atomic E-state index is 11.1. The normalized spacial score (nSPS) is 24.0. The first-order valence-corrected chi connectivity index (χ1v) is 8.78. The fraction of sp³-hybridized carbons (Fsp3) is 0.667. The quantitative estimate of drug-likeness (QED) is 0.922. The molecule has 3 rings (SSSR count). The van der Waals surface area contributed by atoms with Gasteiger partial charge in [0.05, 0.1) is 24.0 Å². The van der Waals surface area contributed by atoms with Crippen molar-refractivity contribution in [3.63, 3.8) is 0 Å². The SMILES string of the molecule is CC(=O)NCc1cccc(C2CCCN2C2CCN(C)CC2)n1. The van der Waals surface area contributed by atoms with E-state index >= 15 is 0 Å². The van der Waals surface area contributed by atoms with E-state index in [-0.39, 0.29) is 5.91 Å². The molecule has 0 bridgehead atoms. The molecule has 126 valence electrons. The Balaban J connectivity index is 1.69. The van der Waals surface area contributed by atoms with Gasteiger partial charge in [-0.05, 0) is 64.5 Å². The van der Waals surface area contributed by atoms with Crippen molar-refractivity contribution in [2.24, 2.45) is 0 Å². The summed E-state index contributed by atoms with van der Waals surface area (Å²) in [6, 6.07) is 7.36. The molecular formula is C18H28N4O. The van der Waals surface area contributed by atoms with E-state index in [1.165, 1.54) is 51.0 Å². The van der Waals surface area contributed by atoms with Gasteiger partial charge in [-0.2, -0.15) is 0 Å². The number of aromatic nitrogens is 1. The van der Waals surface area contributed by atoms with E-state index in [9.17, 15) is 4.79 Å². The van der Waals surface area contributed by atoms with Gasteiger partial charge in [0.1, 0.15) is 0 Å². The molecule has 0 aliphatic carbocycles. The van der Waals surface area contributed by atoms with Crippen LogP contribution in [-0.4, -0.2) is 53.4 Å². The lowest BCUT2D eigenvalue weighted by Crippen LogP contribution is -2.43. The molecule has 0 radical (unpaired) electrons. The predicted octanol–water partition coefficient (Wildman–Crippen LogP) is 1.95. The first-order valence-electron chi connectivity index (χ1n) is 8.78. The lowest BCUT2D eigenvalue weighted by atomic mass is 10.0. The maximum absolute atomic E-state index is 11.1. The Morgan fingerprint density at radius 3 is 2.78 bits per heavy atom. The van der Waals surface area contributed by atoms with E-state index in [4.69, 9.17) is 4.98 Å². The smallest absolute Gasteiger partial charge is 0.217 e. The highest BCUT2D eigenvalue weighted by Crippen LogP contribution is 2.35. The van der Waals surface area contributed by atoms with Crippen molar-refractivity contribution in [1.29, 1.82) is 0 Å². The van der Waals surface area contributed by atoms with Gasteiger partial charge in [0.2, 0.25) is 5.91 Å². The zero-order valence-electron chi connectivity index (χ0n) is 14.3. The zero-order chi connectivity index (χ0) is 16.2. The number of pyridine rings is 1. The van der Waals surface area contributed by atoms with E-state index in [0.717, 1.165) is 5.69 Å². The average Bonchev–Trinajstić information content (AvgIpc) is 3.03. The van der Waals surface area contributed by atoms with Crippen molar-refractivity contribution in [3.05, 3.63) is 29.6 Å². The van der Waals surface area contributed by atoms with Crippen molar-refractivity contribution in [2.75, 3.05) is 26.7 Å². The number of rotatable bonds is 4. The second kappa shape index (κ2) is 7.41. The number of hydrogen-bond donors (Lipinski definition) is 1. The van der Waals surface area contributed by atoms with Crippen LogP contribution in [0.1, 0.15) is 50.0 Å². The van der Waals surface area contributed by atoms with Gasteiger partial charge in [-0.1, -0.05) is 6.07 Å². The third-order valence-electron chi connectivity index (χ3n) is 5.14. The maximum Gasteiger partial charge on any atom is 0.217 e. The summed E-state index contributed by atoms with van der Waals surface area (Å²) in [6.45, 7) is 5.65. The molecule has 1 atom stereocenters. The van der Waals surface area contributed by atoms with Crippen molar-refractivity contribution in [2.45, 2.75) is 51.2 Å². The molecule has 2 aliphatic heterocycles. The van der Waals surface area contributed by atoms with Gasteiger partial charge in [-0.3, -0.25) is 14.7 Å². The lowest BCUT2D eigenvalue weighted by molar-refractivity contribution is -0.119. The van der Waals surface area contributed by atoms with E-state index < -0.39 is 0 Å². The molecule has 3 heterocycles. The van der Waals surface area contributed by atoms with E-state index in [2.05, 4.69) is 34.3 Å². The third kappa shape index (κ3) is 4.09. The summed E-state index contributed by atoms with van der Waals surface area (Å²) < 4.78 is 0. The number of carbonyl (C=O) groups is 1. The lowest BCUT2D eigenvalue weighted by Gasteiger charge is -2.38. The van der Waals surface area contributed by atoms with Crippen molar-refractivity contribution in [1.82, 2.24) is 20.1 Å². The first-order chi connectivity index (χ1) is 11.1. The van der Waals surface area contributed by atoms with Crippen LogP contribution in [-0.2, 0) is 11.3 Å². The van der Waals surface area contributed by atoms with E-state index in [1.807, 2.05) is 6.07 Å². The summed E-state index contributed by atoms with van der Waals surface area (Å²) in [7, 11) is 2.21. The summed E-state index contributed by atoms with van der Waals surface area (Å²) in [5, 5.41) is 2.84. The van der Waals surface area contributed by atoms with Gasteiger partial charge in [0, 0.05) is 13.0 Å². The number of amides is 1. The van der Waals surface area contributed by atoms with E-state index in [1.54, 1.807) is 6.92 Å². The van der Waals surface area contributed by atoms with Crippen LogP contribution in [0.3, 0.4) is 0 Å². The summed E-state index contributed by atoms with van der Waals surface area (Å²) >= 11 is 0. The van der Waals surface area contributed by atoms with Crippen LogP contribution in [0.2, 0.25) is 0 Å². The fourth-order valence-electron chi connectivity index (χ4n) is 3.87. The second-order valence-corrected chi connectivity index (χ2v) is 6.89. The average molecular weight is 316 g/mol. The molecule has 0 aromatic carbocycles. The number of nitrogens with zero attached hydrogens (tertiary/aromatic N) is 3. The minimum Gasteiger partial charge on any atom is -0.351 e. The van der Waals surface area contributed by atoms with Gasteiger partial charge in [-0.15, -0.1) is 0 Å². The first kappa shape index (κ1) is 16.4. The number of carbonyl (C=O) groups excluding carboxylic acids is 1. The number of nitrogens with one attached hydrogen (secondary N) is 1. The molecule has 1 aromatic heterocycles. The second-order valence-electron chi connectivity index (χ2n) is 6.89. The van der Waals surface area contributed by atoms with Crippen molar-refractivity contribution < 1.29 is 4.79 Å². The third-order valence-corrected chi connectivity index (χ3v) is 5.14. The summed E-state index contributed by atoms with van der Waals surface area (Å²) in [4.78, 5) is 21.0. The highest BCUT2D eigenvalue weighted by atomic mass is 16.1. The van der Waals surface area contributed by atoms with Crippen LogP contribution in [0.4, 0.5) is 0 Å². The Labute approximate surface area is 139 Å². The number of likely N-dealkylation sites (tertiary alicyclic amines) is 2. The monoisotopic (exact) mass is 316 g/mol. The minimum atomic E-state index is -0.00831. The standard InChI is InChI=1S/C18H28N4O/c1-14(23)19-13-15-5-3-6-17(20-15)18-7-4-10-22(18)16-8-11-21(2)12-9-16/h3,5-6,16,18H,4,7-13H2,1-2H3,(H,19,23). The van der Waals surface area contributed by atoms with Crippen LogP contribution >= 0.6 is 0 Å². The predicted molar refractivity (Wildman–Crippen MR) is 91.0 cm³/mol. The van der Waals surface area contributed by atoms with Crippen LogP contribution < -0.4 is 5.32 Å². The fourth-order valence-corrected chi connectivity index (χ4v) is 3.87. The van der Waals surface area contributed by atoms with Crippen LogP contribution in [0.25, 0.3) is 0 Å². The van der Waals surface area contributed by atoms with E-state index in [0.29, 0.717) is 18.6 Å². The molecule has 23 heavy (non-hydrogen) atoms. The van der Waals surface area contributed by atoms with Gasteiger partial charge >= 0.3 is 0 Å². The number of hydrogen-bond acceptors (Lipinski definition) is 4. The number of piperidine rings is 1. The molecule has 5 heteroatoms. The van der Waals surface area contributed by atoms with Crippen molar-refractivity contribution in [3.8, 4) is 0 Å². The topological polar surface area (TPSA) is 48.5 Å². The van der Waals surface area contributed by atoms with Gasteiger partial charge < -0.3 is 10.2 Å². The molecule has 1 unspecified atom stereocenters. The highest BCUT2D eigenvalue weighted by molar-refractivity contribution is 5.72. The summed E-state index contributed by atoms with van der Waals surface area (Å²) in [5.41, 5.74) is 2.12. The molecule has 2 aliphatic rings. The van der Waals surface area contributed by atoms with Crippen LogP contribution in [0, 0.1) is 0 Å². The Morgan fingerprint density at radius 1 is 1.26 bits per heavy atom. The Kier molecular flexibility index (Phi) is 5.28. The summed E-state index contributed by atoms with van der Waals surface area (Å²) in [5.74, 6) is -0.00831. The molecule has 1 aromatic rings. The Hall–Kier alpha value is -1.46. The molecule has 2 saturated heterocycles. The highest BCUT2D eigenvalue weighted by Gasteiger charge is 2.33. The Morgan fingerprint density at radius 2 is 2.04 bits per heavy atom. The van der Waals surface area contributed by atoms with Crippen molar-refractivity contribution >= 4 is 5.91 Å². The van der Waals surface area contributed by atoms with Gasteiger partial charge in [0.15, 0.2) is 0 Å². The van der Waals surface area contributed by atoms with Crippen LogP contribution in [0.15, 0.2) is 18.2 Å². The Bertz CT molecular complexity index is 540. The molecule has 1 N–H and O–H groups in total. The largest absolute Gasteiger partial charge is 0.351 e. The molecule has 0 saturated carbocycles. The van der Waals surface area contributed by atoms with Gasteiger partial charge in [0.25, 0.3) is 0 Å². The summed E-state index contributed by atoms with van der Waals surface area (Å²) in [6.07, 6.45) is 4.98. The molecule has 0 spiro atoms. The zero-order valence-corrected chi connectivity index (χ0v) is 14.3. The molecule has 1 amide bonds. The molecular weight excluding hydrogens is 288 g/mol.